The van der Waals surface area contributed by atoms with E-state index in [2.05, 4.69) is 10.1 Å². The lowest BCUT2D eigenvalue weighted by Gasteiger charge is -2.38. The monoisotopic (exact) mass is 314 g/mol. The lowest BCUT2D eigenvalue weighted by Crippen LogP contribution is -2.53. The van der Waals surface area contributed by atoms with Crippen molar-refractivity contribution in [3.8, 4) is 5.75 Å². The van der Waals surface area contributed by atoms with Gasteiger partial charge in [-0.15, -0.1) is 0 Å². The molecule has 0 radical (unpaired) electrons. The zero-order chi connectivity index (χ0) is 16.2. The zero-order valence-corrected chi connectivity index (χ0v) is 12.6. The van der Waals surface area contributed by atoms with Crippen molar-refractivity contribution in [2.75, 3.05) is 19.7 Å². The largest absolute Gasteiger partial charge is 0.435 e. The molecule has 1 fully saturated rings. The number of halogens is 2. The predicted octanol–water partition coefficient (Wildman–Crippen LogP) is 2.61. The highest BCUT2D eigenvalue weighted by Crippen LogP contribution is 2.17. The first kappa shape index (κ1) is 16.5. The standard InChI is InChI=1S/C15H20F2N2O3/c1-15(2)10-19(6-7-21-15)14(20)18-9-11-4-3-5-12(8-11)22-13(16)17/h3-5,8,13H,6-7,9-10H2,1-2H3,(H,18,20). The number of benzene rings is 1. The van der Waals surface area contributed by atoms with Crippen molar-refractivity contribution in [2.24, 2.45) is 0 Å². The van der Waals surface area contributed by atoms with Crippen LogP contribution < -0.4 is 10.1 Å². The van der Waals surface area contributed by atoms with Crippen LogP contribution in [0, 0.1) is 0 Å². The van der Waals surface area contributed by atoms with Gasteiger partial charge in [0.15, 0.2) is 0 Å². The van der Waals surface area contributed by atoms with Gasteiger partial charge in [0, 0.05) is 13.1 Å². The summed E-state index contributed by atoms with van der Waals surface area (Å²) in [5.41, 5.74) is 0.333. The van der Waals surface area contributed by atoms with Crippen LogP contribution in [-0.2, 0) is 11.3 Å². The van der Waals surface area contributed by atoms with Crippen molar-refractivity contribution in [1.82, 2.24) is 10.2 Å². The molecule has 0 unspecified atom stereocenters. The number of urea groups is 1. The molecule has 122 valence electrons. The van der Waals surface area contributed by atoms with Crippen molar-refractivity contribution in [3.05, 3.63) is 29.8 Å². The van der Waals surface area contributed by atoms with Gasteiger partial charge in [0.2, 0.25) is 0 Å². The SMILES string of the molecule is CC1(C)CN(C(=O)NCc2cccc(OC(F)F)c2)CCO1. The highest BCUT2D eigenvalue weighted by Gasteiger charge is 2.29. The maximum absolute atomic E-state index is 12.2. The summed E-state index contributed by atoms with van der Waals surface area (Å²) in [7, 11) is 0. The highest BCUT2D eigenvalue weighted by atomic mass is 19.3. The van der Waals surface area contributed by atoms with Crippen molar-refractivity contribution >= 4 is 6.03 Å². The van der Waals surface area contributed by atoms with E-state index in [1.54, 1.807) is 17.0 Å². The molecular formula is C15H20F2N2O3. The fraction of sp³-hybridized carbons (Fsp3) is 0.533. The smallest absolute Gasteiger partial charge is 0.387 e. The Morgan fingerprint density at radius 3 is 2.95 bits per heavy atom. The molecule has 0 spiro atoms. The van der Waals surface area contributed by atoms with Crippen LogP contribution in [0.15, 0.2) is 24.3 Å². The fourth-order valence-corrected chi connectivity index (χ4v) is 2.31. The number of nitrogens with one attached hydrogen (secondary N) is 1. The fourth-order valence-electron chi connectivity index (χ4n) is 2.31. The number of alkyl halides is 2. The van der Waals surface area contributed by atoms with Crippen LogP contribution in [0.4, 0.5) is 13.6 Å². The van der Waals surface area contributed by atoms with Crippen LogP contribution in [0.25, 0.3) is 0 Å². The Hall–Kier alpha value is -1.89. The Kier molecular flexibility index (Phi) is 5.18. The molecular weight excluding hydrogens is 294 g/mol. The van der Waals surface area contributed by atoms with Gasteiger partial charge < -0.3 is 19.7 Å². The molecule has 22 heavy (non-hydrogen) atoms. The summed E-state index contributed by atoms with van der Waals surface area (Å²) in [6.07, 6.45) is 0. The van der Waals surface area contributed by atoms with E-state index in [9.17, 15) is 13.6 Å². The molecule has 1 N–H and O–H groups in total. The molecule has 5 nitrogen and oxygen atoms in total. The van der Waals surface area contributed by atoms with Gasteiger partial charge in [0.25, 0.3) is 0 Å². The van der Waals surface area contributed by atoms with E-state index >= 15 is 0 Å². The second-order valence-electron chi connectivity index (χ2n) is 5.71. The molecule has 0 bridgehead atoms. The van der Waals surface area contributed by atoms with Crippen molar-refractivity contribution in [2.45, 2.75) is 32.6 Å². The van der Waals surface area contributed by atoms with Gasteiger partial charge >= 0.3 is 12.6 Å². The van der Waals surface area contributed by atoms with Gasteiger partial charge in [-0.05, 0) is 31.5 Å². The van der Waals surface area contributed by atoms with E-state index in [0.29, 0.717) is 25.3 Å². The first-order valence-electron chi connectivity index (χ1n) is 7.06. The lowest BCUT2D eigenvalue weighted by atomic mass is 10.1. The average Bonchev–Trinajstić information content (AvgIpc) is 2.43. The van der Waals surface area contributed by atoms with Gasteiger partial charge in [-0.1, -0.05) is 12.1 Å². The summed E-state index contributed by atoms with van der Waals surface area (Å²) >= 11 is 0. The number of ether oxygens (including phenoxy) is 2. The molecule has 2 amide bonds. The Morgan fingerprint density at radius 2 is 2.27 bits per heavy atom. The quantitative estimate of drug-likeness (QED) is 0.929. The minimum atomic E-state index is -2.86. The van der Waals surface area contributed by atoms with E-state index in [4.69, 9.17) is 4.74 Å². The number of nitrogens with zero attached hydrogens (tertiary/aromatic N) is 1. The minimum Gasteiger partial charge on any atom is -0.435 e. The van der Waals surface area contributed by atoms with Gasteiger partial charge in [-0.2, -0.15) is 8.78 Å². The maximum Gasteiger partial charge on any atom is 0.387 e. The van der Waals surface area contributed by atoms with Crippen LogP contribution in [0.5, 0.6) is 5.75 Å². The number of morpholine rings is 1. The summed E-state index contributed by atoms with van der Waals surface area (Å²) in [4.78, 5) is 13.8. The van der Waals surface area contributed by atoms with Crippen LogP contribution in [0.2, 0.25) is 0 Å². The van der Waals surface area contributed by atoms with Crippen LogP contribution in [0.3, 0.4) is 0 Å². The van der Waals surface area contributed by atoms with Crippen LogP contribution in [0.1, 0.15) is 19.4 Å². The van der Waals surface area contributed by atoms with Crippen LogP contribution in [-0.4, -0.2) is 42.8 Å². The highest BCUT2D eigenvalue weighted by molar-refractivity contribution is 5.74. The molecule has 1 aromatic rings. The van der Waals surface area contributed by atoms with E-state index < -0.39 is 6.61 Å². The van der Waals surface area contributed by atoms with Crippen molar-refractivity contribution in [3.63, 3.8) is 0 Å². The summed E-state index contributed by atoms with van der Waals surface area (Å²) in [6.45, 7) is 2.78. The third kappa shape index (κ3) is 4.84. The Labute approximate surface area is 128 Å². The molecule has 0 atom stereocenters. The second-order valence-corrected chi connectivity index (χ2v) is 5.71. The number of hydrogen-bond acceptors (Lipinski definition) is 3. The predicted molar refractivity (Wildman–Crippen MR) is 76.9 cm³/mol. The number of hydrogen-bond donors (Lipinski definition) is 1. The van der Waals surface area contributed by atoms with E-state index in [-0.39, 0.29) is 23.9 Å². The van der Waals surface area contributed by atoms with Gasteiger partial charge in [0.05, 0.1) is 18.8 Å². The summed E-state index contributed by atoms with van der Waals surface area (Å²) in [5, 5.41) is 2.78. The average molecular weight is 314 g/mol. The number of carbonyl (C=O) groups excluding carboxylic acids is 1. The minimum absolute atomic E-state index is 0.0780. The molecule has 1 aromatic carbocycles. The van der Waals surface area contributed by atoms with E-state index in [0.717, 1.165) is 0 Å². The van der Waals surface area contributed by atoms with E-state index in [1.165, 1.54) is 12.1 Å². The summed E-state index contributed by atoms with van der Waals surface area (Å²) in [5.74, 6) is 0.0780. The molecule has 0 aliphatic carbocycles. The second kappa shape index (κ2) is 6.91. The third-order valence-corrected chi connectivity index (χ3v) is 3.28. The molecule has 1 aliphatic heterocycles. The molecule has 0 saturated carbocycles. The third-order valence-electron chi connectivity index (χ3n) is 3.28. The Balaban J connectivity index is 1.88. The van der Waals surface area contributed by atoms with Crippen LogP contribution >= 0.6 is 0 Å². The van der Waals surface area contributed by atoms with Crippen molar-refractivity contribution in [1.29, 1.82) is 0 Å². The number of carbonyl (C=O) groups is 1. The number of amides is 2. The van der Waals surface area contributed by atoms with Gasteiger partial charge in [-0.25, -0.2) is 4.79 Å². The zero-order valence-electron chi connectivity index (χ0n) is 12.6. The van der Waals surface area contributed by atoms with Gasteiger partial charge in [0.1, 0.15) is 5.75 Å². The van der Waals surface area contributed by atoms with E-state index in [1.807, 2.05) is 13.8 Å². The summed E-state index contributed by atoms with van der Waals surface area (Å²) < 4.78 is 34.2. The lowest BCUT2D eigenvalue weighted by molar-refractivity contribution is -0.0733. The molecule has 1 aliphatic rings. The normalized spacial score (nSPS) is 17.4. The first-order valence-corrected chi connectivity index (χ1v) is 7.06. The number of rotatable bonds is 4. The molecule has 0 aromatic heterocycles. The maximum atomic E-state index is 12.2. The Bertz CT molecular complexity index is 523. The Morgan fingerprint density at radius 1 is 1.50 bits per heavy atom. The molecule has 1 saturated heterocycles. The van der Waals surface area contributed by atoms with Crippen molar-refractivity contribution < 1.29 is 23.0 Å². The van der Waals surface area contributed by atoms with Gasteiger partial charge in [-0.3, -0.25) is 0 Å². The summed E-state index contributed by atoms with van der Waals surface area (Å²) in [6, 6.07) is 6.08. The molecule has 1 heterocycles. The first-order chi connectivity index (χ1) is 10.4. The molecule has 2 rings (SSSR count). The topological polar surface area (TPSA) is 50.8 Å². The molecule has 7 heteroatoms.